The molecule has 1 N–H and O–H groups in total. The fourth-order valence-electron chi connectivity index (χ4n) is 2.45. The van der Waals surface area contributed by atoms with Crippen molar-refractivity contribution in [3.05, 3.63) is 71.0 Å². The largest absolute Gasteiger partial charge is 0.459 e. The molecule has 3 nitrogen and oxygen atoms in total. The molecule has 0 saturated heterocycles. The van der Waals surface area contributed by atoms with E-state index in [2.05, 4.69) is 5.32 Å². The number of furan rings is 1. The highest BCUT2D eigenvalue weighted by atomic mass is 16.3. The van der Waals surface area contributed by atoms with Crippen LogP contribution in [0.3, 0.4) is 0 Å². The third kappa shape index (κ3) is 2.75. The van der Waals surface area contributed by atoms with Crippen LogP contribution in [0.5, 0.6) is 0 Å². The maximum Gasteiger partial charge on any atom is 0.251 e. The molecule has 0 radical (unpaired) electrons. The molecule has 3 aromatic rings. The molecule has 22 heavy (non-hydrogen) atoms. The lowest BCUT2D eigenvalue weighted by molar-refractivity contribution is 0.0935. The molecule has 1 heterocycles. The minimum Gasteiger partial charge on any atom is -0.459 e. The third-order valence-electron chi connectivity index (χ3n) is 3.99. The number of amides is 1. The summed E-state index contributed by atoms with van der Waals surface area (Å²) in [6.07, 6.45) is 0. The van der Waals surface area contributed by atoms with Crippen molar-refractivity contribution in [1.82, 2.24) is 5.32 Å². The van der Waals surface area contributed by atoms with Crippen LogP contribution in [0.4, 0.5) is 0 Å². The van der Waals surface area contributed by atoms with E-state index in [0.717, 1.165) is 22.3 Å². The zero-order valence-electron chi connectivity index (χ0n) is 13.0. The van der Waals surface area contributed by atoms with Crippen LogP contribution < -0.4 is 5.32 Å². The average molecular weight is 293 g/mol. The lowest BCUT2D eigenvalue weighted by atomic mass is 10.1. The molecule has 0 saturated carbocycles. The third-order valence-corrected chi connectivity index (χ3v) is 3.99. The lowest BCUT2D eigenvalue weighted by Crippen LogP contribution is -2.26. The Morgan fingerprint density at radius 1 is 1.05 bits per heavy atom. The molecule has 112 valence electrons. The molecule has 1 atom stereocenters. The van der Waals surface area contributed by atoms with Gasteiger partial charge in [0.2, 0.25) is 0 Å². The van der Waals surface area contributed by atoms with Crippen molar-refractivity contribution < 1.29 is 9.21 Å². The molecule has 3 heteroatoms. The highest BCUT2D eigenvalue weighted by Crippen LogP contribution is 2.23. The number of hydrogen-bond acceptors (Lipinski definition) is 2. The van der Waals surface area contributed by atoms with Gasteiger partial charge in [-0.25, -0.2) is 0 Å². The smallest absolute Gasteiger partial charge is 0.251 e. The van der Waals surface area contributed by atoms with Gasteiger partial charge in [0, 0.05) is 10.9 Å². The van der Waals surface area contributed by atoms with Gasteiger partial charge in [-0.2, -0.15) is 0 Å². The molecule has 0 fully saturated rings. The fraction of sp³-hybridized carbons (Fsp3) is 0.211. The van der Waals surface area contributed by atoms with Crippen LogP contribution in [0.1, 0.15) is 40.2 Å². The van der Waals surface area contributed by atoms with Gasteiger partial charge in [0.15, 0.2) is 0 Å². The van der Waals surface area contributed by atoms with E-state index in [1.165, 1.54) is 5.56 Å². The van der Waals surface area contributed by atoms with Crippen LogP contribution in [0, 0.1) is 13.8 Å². The minimum absolute atomic E-state index is 0.0870. The SMILES string of the molecule is Cc1ccc(C(=O)N[C@H](C)c2cc3ccccc3o2)cc1C. The molecule has 2 aromatic carbocycles. The monoisotopic (exact) mass is 293 g/mol. The van der Waals surface area contributed by atoms with E-state index < -0.39 is 0 Å². The second-order valence-corrected chi connectivity index (χ2v) is 5.68. The van der Waals surface area contributed by atoms with Crippen LogP contribution >= 0.6 is 0 Å². The number of benzene rings is 2. The van der Waals surface area contributed by atoms with Crippen molar-refractivity contribution in [1.29, 1.82) is 0 Å². The normalized spacial score (nSPS) is 12.3. The van der Waals surface area contributed by atoms with E-state index in [1.54, 1.807) is 0 Å². The van der Waals surface area contributed by atoms with E-state index >= 15 is 0 Å². The Bertz CT molecular complexity index is 799. The minimum atomic E-state index is -0.179. The van der Waals surface area contributed by atoms with E-state index in [4.69, 9.17) is 4.42 Å². The Kier molecular flexibility index (Phi) is 3.72. The average Bonchev–Trinajstić information content (AvgIpc) is 2.94. The first-order chi connectivity index (χ1) is 10.5. The molecule has 0 bridgehead atoms. The number of aryl methyl sites for hydroxylation is 2. The first-order valence-electron chi connectivity index (χ1n) is 7.41. The number of para-hydroxylation sites is 1. The molecule has 1 amide bonds. The summed E-state index contributed by atoms with van der Waals surface area (Å²) in [6, 6.07) is 15.4. The summed E-state index contributed by atoms with van der Waals surface area (Å²) in [7, 11) is 0. The Morgan fingerprint density at radius 3 is 2.55 bits per heavy atom. The van der Waals surface area contributed by atoms with Crippen molar-refractivity contribution in [2.45, 2.75) is 26.8 Å². The summed E-state index contributed by atoms with van der Waals surface area (Å²) in [5.41, 5.74) is 3.81. The molecule has 1 aromatic heterocycles. The summed E-state index contributed by atoms with van der Waals surface area (Å²) in [5, 5.41) is 4.03. The molecule has 0 aliphatic rings. The van der Waals surface area contributed by atoms with Gasteiger partial charge in [-0.1, -0.05) is 24.3 Å². The summed E-state index contributed by atoms with van der Waals surface area (Å²) >= 11 is 0. The zero-order chi connectivity index (χ0) is 15.7. The van der Waals surface area contributed by atoms with Gasteiger partial charge < -0.3 is 9.73 Å². The summed E-state index contributed by atoms with van der Waals surface area (Å²) in [6.45, 7) is 5.97. The molecule has 0 aliphatic carbocycles. The number of carbonyl (C=O) groups excluding carboxylic acids is 1. The maximum absolute atomic E-state index is 12.4. The van der Waals surface area contributed by atoms with Crippen LogP contribution in [0.2, 0.25) is 0 Å². The van der Waals surface area contributed by atoms with E-state index in [-0.39, 0.29) is 11.9 Å². The van der Waals surface area contributed by atoms with Crippen LogP contribution in [0.25, 0.3) is 11.0 Å². The molecule has 0 aliphatic heterocycles. The van der Waals surface area contributed by atoms with Gasteiger partial charge in [-0.3, -0.25) is 4.79 Å². The van der Waals surface area contributed by atoms with Crippen LogP contribution in [0.15, 0.2) is 52.9 Å². The van der Waals surface area contributed by atoms with Gasteiger partial charge in [0.1, 0.15) is 11.3 Å². The van der Waals surface area contributed by atoms with Gasteiger partial charge in [0.25, 0.3) is 5.91 Å². The van der Waals surface area contributed by atoms with Crippen molar-refractivity contribution in [2.24, 2.45) is 0 Å². The Hall–Kier alpha value is -2.55. The summed E-state index contributed by atoms with van der Waals surface area (Å²) in [5.74, 6) is 0.675. The first kappa shape index (κ1) is 14.4. The molecule has 0 spiro atoms. The quantitative estimate of drug-likeness (QED) is 0.770. The second-order valence-electron chi connectivity index (χ2n) is 5.68. The zero-order valence-corrected chi connectivity index (χ0v) is 13.0. The number of hydrogen-bond donors (Lipinski definition) is 1. The Morgan fingerprint density at radius 2 is 1.82 bits per heavy atom. The molecule has 0 unspecified atom stereocenters. The van der Waals surface area contributed by atoms with Crippen molar-refractivity contribution in [3.8, 4) is 0 Å². The van der Waals surface area contributed by atoms with Crippen molar-refractivity contribution in [3.63, 3.8) is 0 Å². The Balaban J connectivity index is 1.79. The second kappa shape index (κ2) is 5.68. The summed E-state index contributed by atoms with van der Waals surface area (Å²) < 4.78 is 5.79. The van der Waals surface area contributed by atoms with Crippen molar-refractivity contribution in [2.75, 3.05) is 0 Å². The number of rotatable bonds is 3. The highest BCUT2D eigenvalue weighted by Gasteiger charge is 2.15. The van der Waals surface area contributed by atoms with Crippen LogP contribution in [-0.4, -0.2) is 5.91 Å². The van der Waals surface area contributed by atoms with Gasteiger partial charge in [-0.15, -0.1) is 0 Å². The maximum atomic E-state index is 12.4. The Labute approximate surface area is 130 Å². The summed E-state index contributed by atoms with van der Waals surface area (Å²) in [4.78, 5) is 12.4. The van der Waals surface area contributed by atoms with Crippen LogP contribution in [-0.2, 0) is 0 Å². The van der Waals surface area contributed by atoms with Crippen molar-refractivity contribution >= 4 is 16.9 Å². The molecule has 3 rings (SSSR count). The molecular formula is C19H19NO2. The van der Waals surface area contributed by atoms with E-state index in [9.17, 15) is 4.79 Å². The number of nitrogens with one attached hydrogen (secondary N) is 1. The topological polar surface area (TPSA) is 42.2 Å². The predicted octanol–water partition coefficient (Wildman–Crippen LogP) is 4.54. The van der Waals surface area contributed by atoms with Gasteiger partial charge >= 0.3 is 0 Å². The number of fused-ring (bicyclic) bond motifs is 1. The van der Waals surface area contributed by atoms with E-state index in [0.29, 0.717) is 5.56 Å². The van der Waals surface area contributed by atoms with E-state index in [1.807, 2.05) is 69.3 Å². The van der Waals surface area contributed by atoms with Gasteiger partial charge in [-0.05, 0) is 56.2 Å². The number of carbonyl (C=O) groups is 1. The molecular weight excluding hydrogens is 274 g/mol. The lowest BCUT2D eigenvalue weighted by Gasteiger charge is -2.12. The predicted molar refractivity (Wildman–Crippen MR) is 88.0 cm³/mol. The highest BCUT2D eigenvalue weighted by molar-refractivity contribution is 5.94. The first-order valence-corrected chi connectivity index (χ1v) is 7.41. The fourth-order valence-corrected chi connectivity index (χ4v) is 2.45. The standard InChI is InChI=1S/C19H19NO2/c1-12-8-9-16(10-13(12)2)19(21)20-14(3)18-11-15-6-4-5-7-17(15)22-18/h4-11,14H,1-3H3,(H,20,21)/t14-/m1/s1. The van der Waals surface area contributed by atoms with Gasteiger partial charge in [0.05, 0.1) is 6.04 Å².